The fourth-order valence-corrected chi connectivity index (χ4v) is 3.14. The Hall–Kier alpha value is -1.43. The SMILES string of the molecule is CC(=O)CN1CCN(C(=O)C2CCN(C(C)=O)CC2)CC1. The fourth-order valence-electron chi connectivity index (χ4n) is 3.14. The number of hydrogen-bond donors (Lipinski definition) is 0. The number of Topliss-reactive ketones (excluding diaryl/α,β-unsaturated/α-hetero) is 1. The summed E-state index contributed by atoms with van der Waals surface area (Å²) >= 11 is 0. The molecule has 0 radical (unpaired) electrons. The van der Waals surface area contributed by atoms with Gasteiger partial charge in [-0.25, -0.2) is 0 Å². The highest BCUT2D eigenvalue weighted by atomic mass is 16.2. The molecule has 0 atom stereocenters. The van der Waals surface area contributed by atoms with Gasteiger partial charge in [0.15, 0.2) is 0 Å². The number of carbonyl (C=O) groups is 3. The summed E-state index contributed by atoms with van der Waals surface area (Å²) in [6.07, 6.45) is 1.54. The first-order valence-corrected chi connectivity index (χ1v) is 7.73. The second-order valence-corrected chi connectivity index (χ2v) is 6.08. The van der Waals surface area contributed by atoms with Gasteiger partial charge < -0.3 is 9.80 Å². The topological polar surface area (TPSA) is 60.9 Å². The molecular formula is C15H25N3O3. The molecule has 0 aromatic heterocycles. The van der Waals surface area contributed by atoms with Crippen molar-refractivity contribution in [2.45, 2.75) is 26.7 Å². The van der Waals surface area contributed by atoms with Crippen molar-refractivity contribution in [3.05, 3.63) is 0 Å². The van der Waals surface area contributed by atoms with Crippen LogP contribution < -0.4 is 0 Å². The molecule has 2 aliphatic rings. The Morgan fingerprint density at radius 3 is 1.90 bits per heavy atom. The van der Waals surface area contributed by atoms with Crippen LogP contribution in [0.2, 0.25) is 0 Å². The lowest BCUT2D eigenvalue weighted by Crippen LogP contribution is -2.52. The molecule has 0 bridgehead atoms. The third kappa shape index (κ3) is 4.27. The van der Waals surface area contributed by atoms with Crippen molar-refractivity contribution in [2.75, 3.05) is 45.8 Å². The number of amides is 2. The first kappa shape index (κ1) is 15.9. The van der Waals surface area contributed by atoms with Gasteiger partial charge in [-0.15, -0.1) is 0 Å². The van der Waals surface area contributed by atoms with Crippen LogP contribution in [0.25, 0.3) is 0 Å². The number of carbonyl (C=O) groups excluding carboxylic acids is 3. The largest absolute Gasteiger partial charge is 0.343 e. The van der Waals surface area contributed by atoms with E-state index in [2.05, 4.69) is 4.90 Å². The highest BCUT2D eigenvalue weighted by molar-refractivity contribution is 5.80. The second-order valence-electron chi connectivity index (χ2n) is 6.08. The van der Waals surface area contributed by atoms with Crippen LogP contribution >= 0.6 is 0 Å². The summed E-state index contributed by atoms with van der Waals surface area (Å²) < 4.78 is 0. The summed E-state index contributed by atoms with van der Waals surface area (Å²) in [5.41, 5.74) is 0. The molecule has 6 nitrogen and oxygen atoms in total. The molecular weight excluding hydrogens is 270 g/mol. The van der Waals surface area contributed by atoms with Crippen LogP contribution in [0.5, 0.6) is 0 Å². The maximum atomic E-state index is 12.5. The molecule has 0 unspecified atom stereocenters. The minimum atomic E-state index is 0.0555. The third-order valence-electron chi connectivity index (χ3n) is 4.42. The van der Waals surface area contributed by atoms with E-state index in [1.165, 1.54) is 0 Å². The molecule has 2 aliphatic heterocycles. The van der Waals surface area contributed by atoms with E-state index in [0.29, 0.717) is 32.7 Å². The van der Waals surface area contributed by atoms with Gasteiger partial charge in [-0.1, -0.05) is 0 Å². The summed E-state index contributed by atoms with van der Waals surface area (Å²) in [6, 6.07) is 0. The maximum Gasteiger partial charge on any atom is 0.225 e. The van der Waals surface area contributed by atoms with Gasteiger partial charge in [0.05, 0.1) is 6.54 Å². The number of hydrogen-bond acceptors (Lipinski definition) is 4. The zero-order valence-corrected chi connectivity index (χ0v) is 13.0. The lowest BCUT2D eigenvalue weighted by atomic mass is 9.95. The van der Waals surface area contributed by atoms with E-state index in [9.17, 15) is 14.4 Å². The van der Waals surface area contributed by atoms with Crippen LogP contribution in [0.1, 0.15) is 26.7 Å². The number of rotatable bonds is 3. The molecule has 2 heterocycles. The van der Waals surface area contributed by atoms with Gasteiger partial charge in [0, 0.05) is 52.1 Å². The van der Waals surface area contributed by atoms with Crippen LogP contribution in [-0.2, 0) is 14.4 Å². The number of ketones is 1. The van der Waals surface area contributed by atoms with E-state index in [1.54, 1.807) is 13.8 Å². The smallest absolute Gasteiger partial charge is 0.225 e. The molecule has 21 heavy (non-hydrogen) atoms. The average molecular weight is 295 g/mol. The Balaban J connectivity index is 1.77. The monoisotopic (exact) mass is 295 g/mol. The molecule has 2 amide bonds. The molecule has 0 N–H and O–H groups in total. The van der Waals surface area contributed by atoms with E-state index in [1.807, 2.05) is 9.80 Å². The Kier molecular flexibility index (Phi) is 5.33. The van der Waals surface area contributed by atoms with Crippen molar-refractivity contribution in [2.24, 2.45) is 5.92 Å². The molecule has 0 spiro atoms. The lowest BCUT2D eigenvalue weighted by Gasteiger charge is -2.38. The quantitative estimate of drug-likeness (QED) is 0.734. The molecule has 2 rings (SSSR count). The minimum Gasteiger partial charge on any atom is -0.343 e. The van der Waals surface area contributed by atoms with Crippen molar-refractivity contribution in [3.8, 4) is 0 Å². The Bertz CT molecular complexity index is 408. The molecule has 0 aliphatic carbocycles. The highest BCUT2D eigenvalue weighted by Gasteiger charge is 2.30. The van der Waals surface area contributed by atoms with E-state index >= 15 is 0 Å². The molecule has 6 heteroatoms. The number of piperidine rings is 1. The van der Waals surface area contributed by atoms with Crippen molar-refractivity contribution in [1.82, 2.24) is 14.7 Å². The standard InChI is InChI=1S/C15H25N3O3/c1-12(19)11-16-7-9-18(10-8-16)15(21)14-3-5-17(6-4-14)13(2)20/h14H,3-11H2,1-2H3. The molecule has 2 fully saturated rings. The maximum absolute atomic E-state index is 12.5. The summed E-state index contributed by atoms with van der Waals surface area (Å²) in [5.74, 6) is 0.547. The highest BCUT2D eigenvalue weighted by Crippen LogP contribution is 2.20. The average Bonchev–Trinajstić information content (AvgIpc) is 2.47. The van der Waals surface area contributed by atoms with Gasteiger partial charge in [0.2, 0.25) is 11.8 Å². The van der Waals surface area contributed by atoms with Crippen molar-refractivity contribution in [1.29, 1.82) is 0 Å². The van der Waals surface area contributed by atoms with E-state index < -0.39 is 0 Å². The van der Waals surface area contributed by atoms with Crippen LogP contribution in [0.4, 0.5) is 0 Å². The Morgan fingerprint density at radius 2 is 1.43 bits per heavy atom. The number of piperazine rings is 1. The van der Waals surface area contributed by atoms with Crippen molar-refractivity contribution < 1.29 is 14.4 Å². The lowest BCUT2D eigenvalue weighted by molar-refractivity contribution is -0.141. The van der Waals surface area contributed by atoms with Crippen molar-refractivity contribution in [3.63, 3.8) is 0 Å². The Labute approximate surface area is 126 Å². The number of likely N-dealkylation sites (tertiary alicyclic amines) is 1. The van der Waals surface area contributed by atoms with E-state index in [0.717, 1.165) is 25.9 Å². The van der Waals surface area contributed by atoms with Gasteiger partial charge in [0.25, 0.3) is 0 Å². The van der Waals surface area contributed by atoms with Gasteiger partial charge in [0.1, 0.15) is 5.78 Å². The van der Waals surface area contributed by atoms with Gasteiger partial charge in [-0.3, -0.25) is 19.3 Å². The predicted molar refractivity (Wildman–Crippen MR) is 78.7 cm³/mol. The fraction of sp³-hybridized carbons (Fsp3) is 0.800. The zero-order chi connectivity index (χ0) is 15.4. The summed E-state index contributed by atoms with van der Waals surface area (Å²) in [7, 11) is 0. The minimum absolute atomic E-state index is 0.0555. The predicted octanol–water partition coefficient (Wildman–Crippen LogP) is -0.0219. The summed E-state index contributed by atoms with van der Waals surface area (Å²) in [6.45, 7) is 8.01. The van der Waals surface area contributed by atoms with E-state index in [-0.39, 0.29) is 23.5 Å². The van der Waals surface area contributed by atoms with Crippen molar-refractivity contribution >= 4 is 17.6 Å². The molecule has 0 saturated carbocycles. The third-order valence-corrected chi connectivity index (χ3v) is 4.42. The Morgan fingerprint density at radius 1 is 0.857 bits per heavy atom. The summed E-state index contributed by atoms with van der Waals surface area (Å²) in [4.78, 5) is 40.7. The van der Waals surface area contributed by atoms with Gasteiger partial charge in [-0.2, -0.15) is 0 Å². The van der Waals surface area contributed by atoms with Gasteiger partial charge in [-0.05, 0) is 19.8 Å². The molecule has 118 valence electrons. The first-order valence-electron chi connectivity index (χ1n) is 7.73. The summed E-state index contributed by atoms with van der Waals surface area (Å²) in [5, 5.41) is 0. The molecule has 2 saturated heterocycles. The van der Waals surface area contributed by atoms with Gasteiger partial charge >= 0.3 is 0 Å². The molecule has 0 aromatic carbocycles. The molecule has 0 aromatic rings. The van der Waals surface area contributed by atoms with Crippen LogP contribution in [0.3, 0.4) is 0 Å². The normalized spacial score (nSPS) is 21.4. The van der Waals surface area contributed by atoms with Crippen LogP contribution in [0.15, 0.2) is 0 Å². The van der Waals surface area contributed by atoms with E-state index in [4.69, 9.17) is 0 Å². The van der Waals surface area contributed by atoms with Crippen LogP contribution in [-0.4, -0.2) is 78.1 Å². The number of nitrogens with zero attached hydrogens (tertiary/aromatic N) is 3. The zero-order valence-electron chi connectivity index (χ0n) is 13.0. The van der Waals surface area contributed by atoms with Crippen LogP contribution in [0, 0.1) is 5.92 Å². The second kappa shape index (κ2) is 7.02. The first-order chi connectivity index (χ1) is 9.97.